The van der Waals surface area contributed by atoms with Gasteiger partial charge in [0, 0.05) is 12.8 Å². The third kappa shape index (κ3) is 1.64. The Morgan fingerprint density at radius 1 is 1.67 bits per heavy atom. The van der Waals surface area contributed by atoms with E-state index in [-0.39, 0.29) is 6.17 Å². The highest BCUT2D eigenvalue weighted by atomic mass is 15.3. The molecule has 2 heteroatoms. The molecule has 0 aromatic heterocycles. The summed E-state index contributed by atoms with van der Waals surface area (Å²) >= 11 is 0. The number of aliphatic imine (C=N–C) groups is 1. The van der Waals surface area contributed by atoms with Crippen LogP contribution in [-0.4, -0.2) is 30.9 Å². The lowest BCUT2D eigenvalue weighted by Crippen LogP contribution is -2.27. The zero-order chi connectivity index (χ0) is 9.14. The van der Waals surface area contributed by atoms with Gasteiger partial charge in [0.2, 0.25) is 0 Å². The maximum Gasteiger partial charge on any atom is 0.127 e. The largest absolute Gasteiger partial charge is 0.276 e. The molecule has 0 bridgehead atoms. The third-order valence-electron chi connectivity index (χ3n) is 2.11. The van der Waals surface area contributed by atoms with Crippen LogP contribution in [0.5, 0.6) is 0 Å². The van der Waals surface area contributed by atoms with Gasteiger partial charge in [-0.05, 0) is 26.5 Å². The first kappa shape index (κ1) is 9.20. The molecule has 12 heavy (non-hydrogen) atoms. The Morgan fingerprint density at radius 2 is 2.33 bits per heavy atom. The van der Waals surface area contributed by atoms with Crippen LogP contribution in [-0.2, 0) is 0 Å². The molecule has 0 amide bonds. The van der Waals surface area contributed by atoms with Crippen molar-refractivity contribution in [2.75, 3.05) is 13.6 Å². The quantitative estimate of drug-likeness (QED) is 0.569. The van der Waals surface area contributed by atoms with E-state index in [1.807, 2.05) is 12.3 Å². The molecule has 0 saturated heterocycles. The SMILES string of the molecule is C=CC(=C(C)C)C1N=CCN1C. The van der Waals surface area contributed by atoms with E-state index in [2.05, 4.69) is 37.4 Å². The number of allylic oxidation sites excluding steroid dienone is 1. The summed E-state index contributed by atoms with van der Waals surface area (Å²) in [4.78, 5) is 6.58. The summed E-state index contributed by atoms with van der Waals surface area (Å²) in [6, 6.07) is 0. The fourth-order valence-electron chi connectivity index (χ4n) is 1.37. The summed E-state index contributed by atoms with van der Waals surface area (Å²) in [6.07, 6.45) is 4.06. The van der Waals surface area contributed by atoms with Crippen molar-refractivity contribution in [3.63, 3.8) is 0 Å². The molecule has 0 fully saturated rings. The minimum absolute atomic E-state index is 0.201. The van der Waals surface area contributed by atoms with Gasteiger partial charge in [0.15, 0.2) is 0 Å². The summed E-state index contributed by atoms with van der Waals surface area (Å²) in [5.74, 6) is 0. The molecule has 66 valence electrons. The number of hydrogen-bond acceptors (Lipinski definition) is 2. The predicted molar refractivity (Wildman–Crippen MR) is 53.5 cm³/mol. The first-order valence-corrected chi connectivity index (χ1v) is 4.18. The van der Waals surface area contributed by atoms with Crippen LogP contribution in [0.25, 0.3) is 0 Å². The van der Waals surface area contributed by atoms with Gasteiger partial charge in [-0.3, -0.25) is 9.89 Å². The fraction of sp³-hybridized carbons (Fsp3) is 0.500. The van der Waals surface area contributed by atoms with E-state index < -0.39 is 0 Å². The normalized spacial score (nSPS) is 22.8. The fourth-order valence-corrected chi connectivity index (χ4v) is 1.37. The van der Waals surface area contributed by atoms with Crippen molar-refractivity contribution in [2.24, 2.45) is 4.99 Å². The van der Waals surface area contributed by atoms with Crippen molar-refractivity contribution in [1.29, 1.82) is 0 Å². The first-order chi connectivity index (χ1) is 5.66. The lowest BCUT2D eigenvalue weighted by molar-refractivity contribution is 0.345. The van der Waals surface area contributed by atoms with E-state index in [9.17, 15) is 0 Å². The number of nitrogens with zero attached hydrogens (tertiary/aromatic N) is 2. The second kappa shape index (κ2) is 3.68. The van der Waals surface area contributed by atoms with E-state index in [1.54, 1.807) is 0 Å². The van der Waals surface area contributed by atoms with Crippen molar-refractivity contribution in [2.45, 2.75) is 20.0 Å². The Morgan fingerprint density at radius 3 is 2.67 bits per heavy atom. The molecule has 0 aromatic carbocycles. The van der Waals surface area contributed by atoms with Crippen LogP contribution in [0.15, 0.2) is 28.8 Å². The Kier molecular flexibility index (Phi) is 2.82. The van der Waals surface area contributed by atoms with E-state index in [4.69, 9.17) is 0 Å². The van der Waals surface area contributed by atoms with Crippen LogP contribution < -0.4 is 0 Å². The summed E-state index contributed by atoms with van der Waals surface area (Å²) in [6.45, 7) is 8.93. The molecule has 1 heterocycles. The lowest BCUT2D eigenvalue weighted by Gasteiger charge is -2.19. The Bertz CT molecular complexity index is 234. The third-order valence-corrected chi connectivity index (χ3v) is 2.11. The minimum atomic E-state index is 0.201. The average Bonchev–Trinajstić information content (AvgIpc) is 2.38. The van der Waals surface area contributed by atoms with Crippen molar-refractivity contribution >= 4 is 6.21 Å². The Balaban J connectivity index is 2.87. The number of hydrogen-bond donors (Lipinski definition) is 0. The van der Waals surface area contributed by atoms with Gasteiger partial charge in [-0.2, -0.15) is 0 Å². The molecule has 1 aliphatic heterocycles. The van der Waals surface area contributed by atoms with Gasteiger partial charge in [0.25, 0.3) is 0 Å². The van der Waals surface area contributed by atoms with Gasteiger partial charge in [-0.15, -0.1) is 0 Å². The molecule has 1 rings (SSSR count). The minimum Gasteiger partial charge on any atom is -0.276 e. The molecular formula is C10H16N2. The summed E-state index contributed by atoms with van der Waals surface area (Å²) < 4.78 is 0. The molecule has 1 unspecified atom stereocenters. The van der Waals surface area contributed by atoms with Crippen LogP contribution in [0.4, 0.5) is 0 Å². The van der Waals surface area contributed by atoms with Gasteiger partial charge in [0.1, 0.15) is 6.17 Å². The van der Waals surface area contributed by atoms with Gasteiger partial charge in [-0.25, -0.2) is 0 Å². The second-order valence-electron chi connectivity index (χ2n) is 3.30. The zero-order valence-electron chi connectivity index (χ0n) is 8.04. The van der Waals surface area contributed by atoms with Crippen LogP contribution in [0, 0.1) is 0 Å². The molecular weight excluding hydrogens is 148 g/mol. The van der Waals surface area contributed by atoms with E-state index in [0.717, 1.165) is 6.54 Å². The topological polar surface area (TPSA) is 15.6 Å². The standard InChI is InChI=1S/C10H16N2/c1-5-9(8(2)3)10-11-6-7-12(10)4/h5-6,10H,1,7H2,2-4H3. The van der Waals surface area contributed by atoms with Crippen LogP contribution >= 0.6 is 0 Å². The van der Waals surface area contributed by atoms with Crippen molar-refractivity contribution in [3.05, 3.63) is 23.8 Å². The van der Waals surface area contributed by atoms with E-state index >= 15 is 0 Å². The predicted octanol–water partition coefficient (Wildman–Crippen LogP) is 1.85. The second-order valence-corrected chi connectivity index (χ2v) is 3.30. The molecule has 0 N–H and O–H groups in total. The Hall–Kier alpha value is -0.890. The van der Waals surface area contributed by atoms with Gasteiger partial charge < -0.3 is 0 Å². The monoisotopic (exact) mass is 164 g/mol. The first-order valence-electron chi connectivity index (χ1n) is 4.18. The highest BCUT2D eigenvalue weighted by Crippen LogP contribution is 2.18. The molecule has 0 aromatic rings. The van der Waals surface area contributed by atoms with Crippen LogP contribution in [0.1, 0.15) is 13.8 Å². The van der Waals surface area contributed by atoms with E-state index in [1.165, 1.54) is 11.1 Å². The summed E-state index contributed by atoms with van der Waals surface area (Å²) in [5, 5.41) is 0. The highest BCUT2D eigenvalue weighted by molar-refractivity contribution is 5.63. The summed E-state index contributed by atoms with van der Waals surface area (Å²) in [7, 11) is 2.07. The molecule has 1 atom stereocenters. The molecule has 0 radical (unpaired) electrons. The van der Waals surface area contributed by atoms with Gasteiger partial charge >= 0.3 is 0 Å². The molecule has 0 saturated carbocycles. The van der Waals surface area contributed by atoms with Crippen LogP contribution in [0.2, 0.25) is 0 Å². The number of likely N-dealkylation sites (N-methyl/N-ethyl adjacent to an activating group) is 1. The van der Waals surface area contributed by atoms with Gasteiger partial charge in [0.05, 0.1) is 0 Å². The smallest absolute Gasteiger partial charge is 0.127 e. The zero-order valence-corrected chi connectivity index (χ0v) is 8.04. The lowest BCUT2D eigenvalue weighted by atomic mass is 10.1. The Labute approximate surface area is 74.3 Å². The maximum atomic E-state index is 4.38. The number of rotatable bonds is 2. The van der Waals surface area contributed by atoms with E-state index in [0.29, 0.717) is 0 Å². The molecule has 0 aliphatic carbocycles. The average molecular weight is 164 g/mol. The van der Waals surface area contributed by atoms with Crippen molar-refractivity contribution in [3.8, 4) is 0 Å². The van der Waals surface area contributed by atoms with Gasteiger partial charge in [-0.1, -0.05) is 18.2 Å². The molecule has 2 nitrogen and oxygen atoms in total. The highest BCUT2D eigenvalue weighted by Gasteiger charge is 2.19. The summed E-state index contributed by atoms with van der Waals surface area (Å²) in [5.41, 5.74) is 2.52. The molecule has 1 aliphatic rings. The van der Waals surface area contributed by atoms with Crippen molar-refractivity contribution in [1.82, 2.24) is 4.90 Å². The maximum absolute atomic E-state index is 4.38. The van der Waals surface area contributed by atoms with Crippen molar-refractivity contribution < 1.29 is 0 Å². The van der Waals surface area contributed by atoms with Crippen LogP contribution in [0.3, 0.4) is 0 Å². The molecule has 0 spiro atoms.